The van der Waals surface area contributed by atoms with Gasteiger partial charge in [0.2, 0.25) is 11.7 Å². The zero-order chi connectivity index (χ0) is 13.0. The first kappa shape index (κ1) is 13.5. The molecule has 1 aromatic heterocycles. The van der Waals surface area contributed by atoms with Gasteiger partial charge in [-0.25, -0.2) is 0 Å². The van der Waals surface area contributed by atoms with Gasteiger partial charge in [-0.1, -0.05) is 12.1 Å². The molecule has 0 aliphatic carbocycles. The van der Waals surface area contributed by atoms with Crippen LogP contribution in [0.1, 0.15) is 44.8 Å². The van der Waals surface area contributed by atoms with Crippen LogP contribution in [0, 0.1) is 5.92 Å². The van der Waals surface area contributed by atoms with Crippen LogP contribution >= 0.6 is 0 Å². The largest absolute Gasteiger partial charge is 0.370 e. The van der Waals surface area contributed by atoms with E-state index in [0.29, 0.717) is 11.7 Å². The van der Waals surface area contributed by atoms with Crippen LogP contribution in [-0.2, 0) is 16.8 Å². The normalized spacial score (nSPS) is 20.8. The second-order valence-corrected chi connectivity index (χ2v) is 5.20. The number of hydrogen-bond acceptors (Lipinski definition) is 5. The van der Waals surface area contributed by atoms with E-state index < -0.39 is 5.60 Å². The first-order valence-corrected chi connectivity index (χ1v) is 6.77. The summed E-state index contributed by atoms with van der Waals surface area (Å²) < 4.78 is 10.8. The lowest BCUT2D eigenvalue weighted by molar-refractivity contribution is -0.0106. The van der Waals surface area contributed by atoms with Crippen molar-refractivity contribution in [2.45, 2.75) is 45.1 Å². The monoisotopic (exact) mass is 253 g/mol. The molecular weight excluding hydrogens is 230 g/mol. The summed E-state index contributed by atoms with van der Waals surface area (Å²) in [5.41, 5.74) is -0.435. The van der Waals surface area contributed by atoms with Crippen molar-refractivity contribution in [3.8, 4) is 0 Å². The summed E-state index contributed by atoms with van der Waals surface area (Å²) in [5.74, 6) is 2.07. The maximum Gasteiger partial charge on any atom is 0.227 e. The molecule has 0 radical (unpaired) electrons. The molecule has 1 unspecified atom stereocenters. The molecule has 5 nitrogen and oxygen atoms in total. The Morgan fingerprint density at radius 1 is 1.44 bits per heavy atom. The van der Waals surface area contributed by atoms with Crippen LogP contribution in [0.4, 0.5) is 0 Å². The van der Waals surface area contributed by atoms with E-state index in [9.17, 15) is 0 Å². The molecule has 0 spiro atoms. The van der Waals surface area contributed by atoms with Crippen LogP contribution in [-0.4, -0.2) is 30.3 Å². The van der Waals surface area contributed by atoms with Gasteiger partial charge in [-0.2, -0.15) is 4.98 Å². The van der Waals surface area contributed by atoms with Crippen molar-refractivity contribution in [1.82, 2.24) is 15.5 Å². The zero-order valence-corrected chi connectivity index (χ0v) is 11.5. The highest BCUT2D eigenvalue weighted by molar-refractivity contribution is 4.99. The van der Waals surface area contributed by atoms with Crippen molar-refractivity contribution >= 4 is 0 Å². The molecule has 5 heteroatoms. The highest BCUT2D eigenvalue weighted by Gasteiger charge is 2.30. The molecule has 0 amide bonds. The van der Waals surface area contributed by atoms with E-state index in [-0.39, 0.29) is 0 Å². The predicted molar refractivity (Wildman–Crippen MR) is 68.2 cm³/mol. The van der Waals surface area contributed by atoms with Gasteiger partial charge in [-0.3, -0.25) is 0 Å². The van der Waals surface area contributed by atoms with E-state index in [4.69, 9.17) is 9.26 Å². The van der Waals surface area contributed by atoms with E-state index in [2.05, 4.69) is 22.4 Å². The zero-order valence-electron chi connectivity index (χ0n) is 11.5. The number of aromatic nitrogens is 2. The summed E-state index contributed by atoms with van der Waals surface area (Å²) in [6, 6.07) is 0. The third kappa shape index (κ3) is 2.90. The van der Waals surface area contributed by atoms with Crippen molar-refractivity contribution in [3.63, 3.8) is 0 Å². The molecule has 1 atom stereocenters. The van der Waals surface area contributed by atoms with Crippen LogP contribution in [0.3, 0.4) is 0 Å². The maximum atomic E-state index is 5.48. The van der Waals surface area contributed by atoms with Crippen LogP contribution in [0.2, 0.25) is 0 Å². The van der Waals surface area contributed by atoms with Gasteiger partial charge in [0.1, 0.15) is 5.60 Å². The lowest BCUT2D eigenvalue weighted by Gasteiger charge is -2.22. The lowest BCUT2D eigenvalue weighted by atomic mass is 9.95. The number of piperidine rings is 1. The number of rotatable bonds is 5. The second-order valence-electron chi connectivity index (χ2n) is 5.20. The second kappa shape index (κ2) is 5.80. The molecular formula is C13H23N3O2. The quantitative estimate of drug-likeness (QED) is 0.868. The minimum absolute atomic E-state index is 0.435. The van der Waals surface area contributed by atoms with E-state index in [1.165, 1.54) is 12.8 Å². The third-order valence-electron chi connectivity index (χ3n) is 3.99. The Morgan fingerprint density at radius 2 is 2.17 bits per heavy atom. The molecule has 102 valence electrons. The molecule has 1 aliphatic heterocycles. The van der Waals surface area contributed by atoms with E-state index in [1.807, 2.05) is 6.92 Å². The molecule has 0 saturated carbocycles. The molecule has 2 heterocycles. The molecule has 0 bridgehead atoms. The first-order chi connectivity index (χ1) is 8.68. The average molecular weight is 253 g/mol. The SMILES string of the molecule is CCC(C)(OC)c1noc(CC2CCNCC2)n1. The standard InChI is InChI=1S/C13H23N3O2/c1-4-13(2,17-3)12-15-11(18-16-12)9-10-5-7-14-8-6-10/h10,14H,4-9H2,1-3H3. The summed E-state index contributed by atoms with van der Waals surface area (Å²) >= 11 is 0. The number of ether oxygens (including phenoxy) is 1. The summed E-state index contributed by atoms with van der Waals surface area (Å²) in [4.78, 5) is 4.49. The minimum Gasteiger partial charge on any atom is -0.370 e. The summed E-state index contributed by atoms with van der Waals surface area (Å²) in [6.07, 6.45) is 4.09. The summed E-state index contributed by atoms with van der Waals surface area (Å²) in [7, 11) is 1.69. The van der Waals surface area contributed by atoms with Gasteiger partial charge in [0.05, 0.1) is 0 Å². The van der Waals surface area contributed by atoms with Gasteiger partial charge in [-0.15, -0.1) is 0 Å². The molecule has 1 aliphatic rings. The van der Waals surface area contributed by atoms with Crippen molar-refractivity contribution in [3.05, 3.63) is 11.7 Å². The Morgan fingerprint density at radius 3 is 2.78 bits per heavy atom. The number of methoxy groups -OCH3 is 1. The fourth-order valence-corrected chi connectivity index (χ4v) is 2.28. The Hall–Kier alpha value is -0.940. The Bertz CT molecular complexity index is 368. The summed E-state index contributed by atoms with van der Waals surface area (Å²) in [5, 5.41) is 7.43. The fraction of sp³-hybridized carbons (Fsp3) is 0.846. The van der Waals surface area contributed by atoms with Crippen molar-refractivity contribution in [2.24, 2.45) is 5.92 Å². The van der Waals surface area contributed by atoms with Gasteiger partial charge in [0.15, 0.2) is 0 Å². The maximum absolute atomic E-state index is 5.48. The predicted octanol–water partition coefficient (Wildman–Crippen LogP) is 1.88. The molecule has 0 aromatic carbocycles. The molecule has 1 aromatic rings. The van der Waals surface area contributed by atoms with Crippen LogP contribution < -0.4 is 5.32 Å². The summed E-state index contributed by atoms with van der Waals surface area (Å²) in [6.45, 7) is 6.24. The van der Waals surface area contributed by atoms with Crippen molar-refractivity contribution in [1.29, 1.82) is 0 Å². The van der Waals surface area contributed by atoms with Gasteiger partial charge in [-0.05, 0) is 45.2 Å². The molecule has 1 saturated heterocycles. The van der Waals surface area contributed by atoms with Gasteiger partial charge >= 0.3 is 0 Å². The van der Waals surface area contributed by atoms with Crippen LogP contribution in [0.5, 0.6) is 0 Å². The molecule has 1 N–H and O–H groups in total. The first-order valence-electron chi connectivity index (χ1n) is 6.77. The Kier molecular flexibility index (Phi) is 4.35. The molecule has 1 fully saturated rings. The lowest BCUT2D eigenvalue weighted by Crippen LogP contribution is -2.28. The number of nitrogens with zero attached hydrogens (tertiary/aromatic N) is 2. The average Bonchev–Trinajstić information content (AvgIpc) is 2.88. The van der Waals surface area contributed by atoms with Crippen molar-refractivity contribution in [2.75, 3.05) is 20.2 Å². The molecule has 18 heavy (non-hydrogen) atoms. The van der Waals surface area contributed by atoms with Crippen LogP contribution in [0.25, 0.3) is 0 Å². The number of hydrogen-bond donors (Lipinski definition) is 1. The van der Waals surface area contributed by atoms with Gasteiger partial charge in [0, 0.05) is 13.5 Å². The fourth-order valence-electron chi connectivity index (χ4n) is 2.28. The Labute approximate surface area is 108 Å². The Balaban J connectivity index is 2.01. The van der Waals surface area contributed by atoms with E-state index >= 15 is 0 Å². The van der Waals surface area contributed by atoms with Crippen molar-refractivity contribution < 1.29 is 9.26 Å². The third-order valence-corrected chi connectivity index (χ3v) is 3.99. The minimum atomic E-state index is -0.435. The van der Waals surface area contributed by atoms with E-state index in [1.54, 1.807) is 7.11 Å². The van der Waals surface area contributed by atoms with Gasteiger partial charge in [0.25, 0.3) is 0 Å². The highest BCUT2D eigenvalue weighted by atomic mass is 16.5. The number of nitrogens with one attached hydrogen (secondary N) is 1. The van der Waals surface area contributed by atoms with Gasteiger partial charge < -0.3 is 14.6 Å². The topological polar surface area (TPSA) is 60.2 Å². The van der Waals surface area contributed by atoms with Crippen LogP contribution in [0.15, 0.2) is 4.52 Å². The highest BCUT2D eigenvalue weighted by Crippen LogP contribution is 2.26. The molecule has 2 rings (SSSR count). The van der Waals surface area contributed by atoms with E-state index in [0.717, 1.165) is 31.8 Å². The smallest absolute Gasteiger partial charge is 0.227 e.